The van der Waals surface area contributed by atoms with E-state index in [1.807, 2.05) is 5.01 Å². The highest BCUT2D eigenvalue weighted by Crippen LogP contribution is 2.09. The van der Waals surface area contributed by atoms with Crippen LogP contribution in [0.2, 0.25) is 0 Å². The molecule has 1 aromatic carbocycles. The molecular weight excluding hydrogens is 244 g/mol. The molecule has 0 radical (unpaired) electrons. The van der Waals surface area contributed by atoms with Crippen LogP contribution in [0.3, 0.4) is 0 Å². The molecule has 1 aromatic rings. The van der Waals surface area contributed by atoms with Crippen LogP contribution in [-0.4, -0.2) is 37.1 Å². The average Bonchev–Trinajstić information content (AvgIpc) is 2.47. The van der Waals surface area contributed by atoms with E-state index in [2.05, 4.69) is 10.2 Å². The van der Waals surface area contributed by atoms with Crippen LogP contribution in [0.4, 0.5) is 0 Å². The van der Waals surface area contributed by atoms with Crippen LogP contribution in [0, 0.1) is 0 Å². The van der Waals surface area contributed by atoms with Gasteiger partial charge in [-0.3, -0.25) is 10.2 Å². The molecule has 2 rings (SSSR count). The first-order chi connectivity index (χ1) is 9.20. The minimum atomic E-state index is -0.400. The van der Waals surface area contributed by atoms with Crippen molar-refractivity contribution in [3.8, 4) is 0 Å². The van der Waals surface area contributed by atoms with Crippen molar-refractivity contribution in [2.45, 2.75) is 19.3 Å². The summed E-state index contributed by atoms with van der Waals surface area (Å²) in [5.41, 5.74) is 3.86. The van der Waals surface area contributed by atoms with Gasteiger partial charge in [-0.2, -0.15) is 0 Å². The van der Waals surface area contributed by atoms with E-state index in [4.69, 9.17) is 0 Å². The minimum Gasteiger partial charge on any atom is -0.465 e. The summed E-state index contributed by atoms with van der Waals surface area (Å²) in [5, 5.41) is 1.94. The maximum atomic E-state index is 12.0. The van der Waals surface area contributed by atoms with Gasteiger partial charge in [-0.05, 0) is 37.1 Å². The van der Waals surface area contributed by atoms with Gasteiger partial charge in [-0.15, -0.1) is 0 Å². The zero-order valence-corrected chi connectivity index (χ0v) is 11.0. The number of hydrazine groups is 1. The van der Waals surface area contributed by atoms with Crippen molar-refractivity contribution in [2.24, 2.45) is 0 Å². The summed E-state index contributed by atoms with van der Waals surface area (Å²) in [6.07, 6.45) is 3.45. The lowest BCUT2D eigenvalue weighted by Crippen LogP contribution is -2.45. The first-order valence-electron chi connectivity index (χ1n) is 6.45. The van der Waals surface area contributed by atoms with Crippen molar-refractivity contribution >= 4 is 11.9 Å². The smallest absolute Gasteiger partial charge is 0.337 e. The van der Waals surface area contributed by atoms with Gasteiger partial charge < -0.3 is 4.74 Å². The van der Waals surface area contributed by atoms with E-state index in [0.717, 1.165) is 25.9 Å². The van der Waals surface area contributed by atoms with Gasteiger partial charge in [0.05, 0.1) is 12.7 Å². The quantitative estimate of drug-likeness (QED) is 0.841. The van der Waals surface area contributed by atoms with E-state index in [-0.39, 0.29) is 5.91 Å². The molecule has 102 valence electrons. The molecule has 1 saturated heterocycles. The number of nitrogens with zero attached hydrogens (tertiary/aromatic N) is 1. The minimum absolute atomic E-state index is 0.140. The fraction of sp³-hybridized carbons (Fsp3) is 0.429. The van der Waals surface area contributed by atoms with Crippen LogP contribution in [-0.2, 0) is 4.74 Å². The molecule has 1 N–H and O–H groups in total. The van der Waals surface area contributed by atoms with E-state index in [9.17, 15) is 9.59 Å². The fourth-order valence-corrected chi connectivity index (χ4v) is 2.09. The lowest BCUT2D eigenvalue weighted by atomic mass is 10.1. The Labute approximate surface area is 112 Å². The number of carbonyl (C=O) groups excluding carboxylic acids is 2. The Hall–Kier alpha value is -1.88. The summed E-state index contributed by atoms with van der Waals surface area (Å²) >= 11 is 0. The van der Waals surface area contributed by atoms with Gasteiger partial charge in [0.2, 0.25) is 0 Å². The van der Waals surface area contributed by atoms with Gasteiger partial charge in [-0.25, -0.2) is 9.80 Å². The van der Waals surface area contributed by atoms with E-state index in [1.165, 1.54) is 13.5 Å². The van der Waals surface area contributed by atoms with E-state index in [0.29, 0.717) is 11.1 Å². The molecule has 0 bridgehead atoms. The van der Waals surface area contributed by atoms with Crippen LogP contribution in [0.5, 0.6) is 0 Å². The van der Waals surface area contributed by atoms with Gasteiger partial charge in [0, 0.05) is 18.7 Å². The van der Waals surface area contributed by atoms with Gasteiger partial charge >= 0.3 is 5.97 Å². The molecule has 0 saturated carbocycles. The van der Waals surface area contributed by atoms with Crippen LogP contribution in [0.25, 0.3) is 0 Å². The van der Waals surface area contributed by atoms with E-state index in [1.54, 1.807) is 24.3 Å². The fourth-order valence-electron chi connectivity index (χ4n) is 2.09. The molecule has 1 aliphatic heterocycles. The number of nitrogens with one attached hydrogen (secondary N) is 1. The second-order valence-electron chi connectivity index (χ2n) is 4.56. The number of hydrogen-bond donors (Lipinski definition) is 1. The van der Waals surface area contributed by atoms with Crippen molar-refractivity contribution in [3.05, 3.63) is 35.4 Å². The molecule has 1 heterocycles. The zero-order valence-electron chi connectivity index (χ0n) is 11.0. The Bertz CT molecular complexity index is 450. The zero-order chi connectivity index (χ0) is 13.7. The first kappa shape index (κ1) is 13.5. The predicted octanol–water partition coefficient (Wildman–Crippen LogP) is 1.60. The number of methoxy groups -OCH3 is 1. The predicted molar refractivity (Wildman–Crippen MR) is 70.7 cm³/mol. The largest absolute Gasteiger partial charge is 0.465 e. The standard InChI is InChI=1S/C14H18N2O3/c1-19-14(18)12-7-5-11(6-8-12)13(17)15-16-9-3-2-4-10-16/h5-8H,2-4,9-10H2,1H3,(H,15,17). The number of benzene rings is 1. The normalized spacial score (nSPS) is 15.8. The second kappa shape index (κ2) is 6.33. The highest BCUT2D eigenvalue weighted by molar-refractivity contribution is 5.95. The Morgan fingerprint density at radius 3 is 2.21 bits per heavy atom. The number of ether oxygens (including phenoxy) is 1. The van der Waals surface area contributed by atoms with Crippen LogP contribution < -0.4 is 5.43 Å². The Kier molecular flexibility index (Phi) is 4.52. The molecule has 1 aliphatic rings. The third-order valence-electron chi connectivity index (χ3n) is 3.18. The molecular formula is C14H18N2O3. The maximum Gasteiger partial charge on any atom is 0.337 e. The highest BCUT2D eigenvalue weighted by atomic mass is 16.5. The average molecular weight is 262 g/mol. The summed E-state index contributed by atoms with van der Waals surface area (Å²) in [5.74, 6) is -0.540. The lowest BCUT2D eigenvalue weighted by molar-refractivity contribution is 0.0599. The number of esters is 1. The maximum absolute atomic E-state index is 12.0. The Balaban J connectivity index is 1.97. The Morgan fingerprint density at radius 1 is 1.05 bits per heavy atom. The molecule has 5 heteroatoms. The molecule has 0 spiro atoms. The van der Waals surface area contributed by atoms with Gasteiger partial charge in [0.15, 0.2) is 0 Å². The topological polar surface area (TPSA) is 58.6 Å². The molecule has 1 fully saturated rings. The summed E-state index contributed by atoms with van der Waals surface area (Å²) in [4.78, 5) is 23.3. The van der Waals surface area contributed by atoms with Crippen molar-refractivity contribution in [1.29, 1.82) is 0 Å². The lowest BCUT2D eigenvalue weighted by Gasteiger charge is -2.26. The molecule has 0 aliphatic carbocycles. The summed E-state index contributed by atoms with van der Waals surface area (Å²) < 4.78 is 4.61. The van der Waals surface area contributed by atoms with Crippen molar-refractivity contribution in [3.63, 3.8) is 0 Å². The number of amides is 1. The van der Waals surface area contributed by atoms with Gasteiger partial charge in [0.1, 0.15) is 0 Å². The third kappa shape index (κ3) is 3.54. The number of carbonyl (C=O) groups is 2. The number of rotatable bonds is 3. The molecule has 19 heavy (non-hydrogen) atoms. The summed E-state index contributed by atoms with van der Waals surface area (Å²) in [6, 6.07) is 6.45. The second-order valence-corrected chi connectivity index (χ2v) is 4.56. The Morgan fingerprint density at radius 2 is 1.63 bits per heavy atom. The molecule has 5 nitrogen and oxygen atoms in total. The number of hydrogen-bond acceptors (Lipinski definition) is 4. The number of piperidine rings is 1. The van der Waals surface area contributed by atoms with E-state index < -0.39 is 5.97 Å². The van der Waals surface area contributed by atoms with Crippen molar-refractivity contribution in [1.82, 2.24) is 10.4 Å². The summed E-state index contributed by atoms with van der Waals surface area (Å²) in [6.45, 7) is 1.79. The van der Waals surface area contributed by atoms with Crippen LogP contribution in [0.15, 0.2) is 24.3 Å². The van der Waals surface area contributed by atoms with Crippen molar-refractivity contribution < 1.29 is 14.3 Å². The SMILES string of the molecule is COC(=O)c1ccc(C(=O)NN2CCCCC2)cc1. The van der Waals surface area contributed by atoms with Crippen LogP contribution >= 0.6 is 0 Å². The summed E-state index contributed by atoms with van der Waals surface area (Å²) in [7, 11) is 1.33. The molecule has 0 unspecified atom stereocenters. The van der Waals surface area contributed by atoms with E-state index >= 15 is 0 Å². The monoisotopic (exact) mass is 262 g/mol. The molecule has 0 aromatic heterocycles. The first-order valence-corrected chi connectivity index (χ1v) is 6.45. The van der Waals surface area contributed by atoms with Crippen molar-refractivity contribution in [2.75, 3.05) is 20.2 Å². The highest BCUT2D eigenvalue weighted by Gasteiger charge is 2.14. The van der Waals surface area contributed by atoms with Gasteiger partial charge in [0.25, 0.3) is 5.91 Å². The van der Waals surface area contributed by atoms with Crippen LogP contribution in [0.1, 0.15) is 40.0 Å². The third-order valence-corrected chi connectivity index (χ3v) is 3.18. The van der Waals surface area contributed by atoms with Gasteiger partial charge in [-0.1, -0.05) is 6.42 Å². The molecule has 0 atom stereocenters. The molecule has 1 amide bonds.